The average Bonchev–Trinajstić information content (AvgIpc) is 2.34. The molecule has 1 N–H and O–H groups in total. The summed E-state index contributed by atoms with van der Waals surface area (Å²) in [6.45, 7) is 4.13. The van der Waals surface area contributed by atoms with Crippen molar-refractivity contribution >= 4 is 20.0 Å². The van der Waals surface area contributed by atoms with Crippen molar-refractivity contribution in [3.8, 4) is 0 Å². The molecule has 0 radical (unpaired) electrons. The molecule has 0 aromatic carbocycles. The van der Waals surface area contributed by atoms with Crippen LogP contribution in [0.4, 0.5) is 17.6 Å². The molecule has 2 atom stereocenters. The summed E-state index contributed by atoms with van der Waals surface area (Å²) in [6, 6.07) is 0. The van der Waals surface area contributed by atoms with Crippen molar-refractivity contribution in [2.45, 2.75) is 29.8 Å². The van der Waals surface area contributed by atoms with E-state index in [1.165, 1.54) is 0 Å². The monoisotopic (exact) mass is 353 g/mol. The summed E-state index contributed by atoms with van der Waals surface area (Å²) in [7, 11) is -12.4. The Morgan fingerprint density at radius 1 is 1.14 bits per heavy atom. The van der Waals surface area contributed by atoms with Crippen LogP contribution in [0.5, 0.6) is 0 Å². The van der Waals surface area contributed by atoms with Gasteiger partial charge in [0.15, 0.2) is 0 Å². The van der Waals surface area contributed by atoms with E-state index < -0.39 is 45.4 Å². The number of alkyl halides is 4. The molecule has 1 heterocycles. The van der Waals surface area contributed by atoms with Gasteiger partial charge in [-0.1, -0.05) is 12.7 Å². The van der Waals surface area contributed by atoms with E-state index in [2.05, 4.69) is 6.58 Å². The summed E-state index contributed by atoms with van der Waals surface area (Å²) in [5.74, 6) is -5.59. The molecular formula is C9H11F4NO5S2. The zero-order valence-corrected chi connectivity index (χ0v) is 12.4. The minimum absolute atomic E-state index is 0.252. The molecule has 1 aliphatic heterocycles. The maximum atomic E-state index is 14.5. The highest BCUT2D eigenvalue weighted by molar-refractivity contribution is 8.05. The molecule has 0 bridgehead atoms. The first-order valence-electron chi connectivity index (χ1n) is 5.20. The fraction of sp³-hybridized carbons (Fsp3) is 0.556. The Kier molecular flexibility index (Phi) is 3.88. The van der Waals surface area contributed by atoms with Crippen LogP contribution in [0.15, 0.2) is 24.3 Å². The Morgan fingerprint density at radius 2 is 1.57 bits per heavy atom. The maximum Gasteiger partial charge on any atom is 0.353 e. The van der Waals surface area contributed by atoms with Gasteiger partial charge in [0.05, 0.1) is 0 Å². The van der Waals surface area contributed by atoms with Crippen molar-refractivity contribution in [3.63, 3.8) is 0 Å². The quantitative estimate of drug-likeness (QED) is 0.600. The lowest BCUT2D eigenvalue weighted by molar-refractivity contribution is -0.147. The lowest BCUT2D eigenvalue weighted by Crippen LogP contribution is -2.73. The number of allylic oxidation sites excluding steroid dienone is 1. The van der Waals surface area contributed by atoms with Gasteiger partial charge in [0.2, 0.25) is 0 Å². The Labute approximate surface area is 118 Å². The van der Waals surface area contributed by atoms with Gasteiger partial charge in [-0.05, 0) is 25.5 Å². The fourth-order valence-corrected chi connectivity index (χ4v) is 5.65. The van der Waals surface area contributed by atoms with Crippen molar-refractivity contribution in [2.24, 2.45) is 0 Å². The summed E-state index contributed by atoms with van der Waals surface area (Å²) in [4.78, 5) is 0. The Morgan fingerprint density at radius 3 is 1.90 bits per heavy atom. The highest BCUT2D eigenvalue weighted by Crippen LogP contribution is 2.57. The highest BCUT2D eigenvalue weighted by atomic mass is 32.3. The van der Waals surface area contributed by atoms with E-state index in [1.807, 2.05) is 0 Å². The van der Waals surface area contributed by atoms with Crippen LogP contribution in [0.3, 0.4) is 0 Å². The molecule has 1 rings (SSSR count). The van der Waals surface area contributed by atoms with Gasteiger partial charge in [0, 0.05) is 3.87 Å². The lowest BCUT2D eigenvalue weighted by atomic mass is 10.0. The largest absolute Gasteiger partial charge is 0.353 e. The molecule has 6 nitrogen and oxygen atoms in total. The van der Waals surface area contributed by atoms with E-state index in [1.54, 1.807) is 0 Å². The van der Waals surface area contributed by atoms with Gasteiger partial charge >= 0.3 is 15.9 Å². The normalized spacial score (nSPS) is 38.4. The third kappa shape index (κ3) is 1.69. The molecule has 2 unspecified atom stereocenters. The summed E-state index contributed by atoms with van der Waals surface area (Å²) in [6.07, 6.45) is 0.258. The van der Waals surface area contributed by atoms with Crippen LogP contribution in [-0.2, 0) is 20.0 Å². The number of hydrogen-bond donors (Lipinski definition) is 1. The number of nitrogens with zero attached hydrogens (tertiary/aromatic N) is 1. The highest BCUT2D eigenvalue weighted by Gasteiger charge is 2.85. The van der Waals surface area contributed by atoms with Gasteiger partial charge in [-0.15, -0.1) is 0 Å². The topological polar surface area (TPSA) is 91.8 Å². The maximum absolute atomic E-state index is 14.5. The van der Waals surface area contributed by atoms with Crippen molar-refractivity contribution in [1.82, 2.24) is 3.87 Å². The van der Waals surface area contributed by atoms with Crippen LogP contribution in [0.25, 0.3) is 0 Å². The summed E-state index contributed by atoms with van der Waals surface area (Å²) in [5.41, 5.74) is -1.40. The summed E-state index contributed by atoms with van der Waals surface area (Å²) < 4.78 is 102. The number of sulfonamides is 2. The first-order chi connectivity index (χ1) is 9.16. The van der Waals surface area contributed by atoms with E-state index >= 15 is 0 Å². The summed E-state index contributed by atoms with van der Waals surface area (Å²) in [5, 5.41) is -0.557. The second kappa shape index (κ2) is 4.51. The van der Waals surface area contributed by atoms with E-state index in [0.29, 0.717) is 13.0 Å². The van der Waals surface area contributed by atoms with Gasteiger partial charge in [-0.25, -0.2) is 25.6 Å². The van der Waals surface area contributed by atoms with Gasteiger partial charge in [0.1, 0.15) is 0 Å². The standard InChI is InChI=1S/C9H11F4NO5S2/c1-4-5-7(10)9(12,13)8(11,6(2)3)21(18,19)14(15)20(7,16)17/h4-5,15H,2H2,1,3H3/b5-4+. The molecule has 1 fully saturated rings. The first-order valence-corrected chi connectivity index (χ1v) is 8.08. The molecular weight excluding hydrogens is 342 g/mol. The van der Waals surface area contributed by atoms with E-state index in [-0.39, 0.29) is 6.08 Å². The molecule has 0 saturated carbocycles. The van der Waals surface area contributed by atoms with Crippen molar-refractivity contribution in [3.05, 3.63) is 24.3 Å². The summed E-state index contributed by atoms with van der Waals surface area (Å²) >= 11 is 0. The van der Waals surface area contributed by atoms with Gasteiger partial charge in [0.25, 0.3) is 20.0 Å². The molecule has 12 heteroatoms. The molecule has 1 saturated heterocycles. The van der Waals surface area contributed by atoms with Gasteiger partial charge in [-0.2, -0.15) is 8.78 Å². The first kappa shape index (κ1) is 18.1. The SMILES string of the molecule is C=C(C)C1(F)C(F)(F)C(F)(/C=C/C)S(=O)(=O)N(O)S1(=O)=O. The van der Waals surface area contributed by atoms with Crippen molar-refractivity contribution in [2.75, 3.05) is 0 Å². The Balaban J connectivity index is 4.05. The third-order valence-corrected chi connectivity index (χ3v) is 7.36. The van der Waals surface area contributed by atoms with Crippen LogP contribution in [0.1, 0.15) is 13.8 Å². The average molecular weight is 353 g/mol. The minimum atomic E-state index is -6.19. The van der Waals surface area contributed by atoms with Gasteiger partial charge < -0.3 is 0 Å². The smallest absolute Gasteiger partial charge is 0.285 e. The lowest BCUT2D eigenvalue weighted by Gasteiger charge is -2.45. The third-order valence-electron chi connectivity index (χ3n) is 2.90. The Hall–Kier alpha value is -0.980. The minimum Gasteiger partial charge on any atom is -0.285 e. The second-order valence-electron chi connectivity index (χ2n) is 4.28. The van der Waals surface area contributed by atoms with Crippen molar-refractivity contribution in [1.29, 1.82) is 0 Å². The van der Waals surface area contributed by atoms with Crippen LogP contribution in [-0.4, -0.2) is 41.8 Å². The van der Waals surface area contributed by atoms with Crippen LogP contribution in [0.2, 0.25) is 0 Å². The number of halogens is 4. The molecule has 0 spiro atoms. The molecule has 0 aromatic rings. The molecule has 0 aromatic heterocycles. The second-order valence-corrected chi connectivity index (χ2v) is 8.26. The molecule has 1 aliphatic rings. The van der Waals surface area contributed by atoms with E-state index in [4.69, 9.17) is 5.21 Å². The van der Waals surface area contributed by atoms with E-state index in [0.717, 1.165) is 6.92 Å². The zero-order valence-electron chi connectivity index (χ0n) is 10.7. The van der Waals surface area contributed by atoms with Gasteiger partial charge in [-0.3, -0.25) is 5.21 Å². The fourth-order valence-electron chi connectivity index (χ4n) is 1.79. The predicted octanol–water partition coefficient (Wildman–Crippen LogP) is 1.47. The Bertz CT molecular complexity index is 716. The molecule has 21 heavy (non-hydrogen) atoms. The van der Waals surface area contributed by atoms with Crippen molar-refractivity contribution < 1.29 is 39.6 Å². The van der Waals surface area contributed by atoms with Crippen LogP contribution >= 0.6 is 0 Å². The zero-order chi connectivity index (χ0) is 17.1. The number of rotatable bonds is 2. The number of hydrogen-bond acceptors (Lipinski definition) is 5. The predicted molar refractivity (Wildman–Crippen MR) is 63.7 cm³/mol. The van der Waals surface area contributed by atoms with E-state index in [9.17, 15) is 34.4 Å². The van der Waals surface area contributed by atoms with Crippen LogP contribution < -0.4 is 0 Å². The molecule has 122 valence electrons. The van der Waals surface area contributed by atoms with Crippen LogP contribution in [0, 0.1) is 0 Å². The molecule has 0 aliphatic carbocycles. The molecule has 0 amide bonds.